The van der Waals surface area contributed by atoms with Crippen LogP contribution >= 0.6 is 22.9 Å². The molecule has 1 atom stereocenters. The van der Waals surface area contributed by atoms with Crippen molar-refractivity contribution in [1.82, 2.24) is 4.98 Å². The van der Waals surface area contributed by atoms with Gasteiger partial charge in [-0.25, -0.2) is 4.98 Å². The molecule has 1 aromatic carbocycles. The van der Waals surface area contributed by atoms with Crippen LogP contribution in [0.3, 0.4) is 0 Å². The number of benzene rings is 1. The molecule has 1 nitrogen and oxygen atoms in total. The maximum Gasteiger partial charge on any atom is 0.125 e. The first-order valence-electron chi connectivity index (χ1n) is 5.85. The molecule has 3 heteroatoms. The summed E-state index contributed by atoms with van der Waals surface area (Å²) in [6.45, 7) is 6.40. The highest BCUT2D eigenvalue weighted by Crippen LogP contribution is 2.32. The van der Waals surface area contributed by atoms with Crippen LogP contribution in [0.5, 0.6) is 0 Å². The van der Waals surface area contributed by atoms with E-state index in [1.807, 2.05) is 6.92 Å². The molecule has 1 heterocycles. The molecule has 0 aliphatic rings. The summed E-state index contributed by atoms with van der Waals surface area (Å²) in [5.41, 5.74) is 3.45. The SMILES string of the molecule is CCC(C)c1ccc(-c2nc(C)c(Cl)s2)cc1. The number of rotatable bonds is 3. The van der Waals surface area contributed by atoms with E-state index < -0.39 is 0 Å². The highest BCUT2D eigenvalue weighted by molar-refractivity contribution is 7.19. The summed E-state index contributed by atoms with van der Waals surface area (Å²) in [6.07, 6.45) is 1.17. The topological polar surface area (TPSA) is 12.9 Å². The number of aromatic nitrogens is 1. The normalized spacial score (nSPS) is 12.7. The molecule has 0 spiro atoms. The minimum absolute atomic E-state index is 0.616. The van der Waals surface area contributed by atoms with E-state index in [0.29, 0.717) is 5.92 Å². The van der Waals surface area contributed by atoms with Crippen LogP contribution in [0, 0.1) is 6.92 Å². The lowest BCUT2D eigenvalue weighted by molar-refractivity contribution is 0.734. The van der Waals surface area contributed by atoms with Crippen molar-refractivity contribution in [2.45, 2.75) is 33.1 Å². The number of aryl methyl sites for hydroxylation is 1. The van der Waals surface area contributed by atoms with Crippen LogP contribution in [0.1, 0.15) is 37.4 Å². The van der Waals surface area contributed by atoms with Crippen molar-refractivity contribution >= 4 is 22.9 Å². The van der Waals surface area contributed by atoms with E-state index in [1.165, 1.54) is 12.0 Å². The van der Waals surface area contributed by atoms with Crippen molar-refractivity contribution < 1.29 is 0 Å². The van der Waals surface area contributed by atoms with Gasteiger partial charge >= 0.3 is 0 Å². The fourth-order valence-electron chi connectivity index (χ4n) is 1.69. The summed E-state index contributed by atoms with van der Waals surface area (Å²) < 4.78 is 0.783. The molecule has 0 saturated heterocycles. The van der Waals surface area contributed by atoms with Gasteiger partial charge in [0.15, 0.2) is 0 Å². The summed E-state index contributed by atoms with van der Waals surface area (Å²) in [7, 11) is 0. The van der Waals surface area contributed by atoms with E-state index in [-0.39, 0.29) is 0 Å². The molecule has 0 aliphatic carbocycles. The van der Waals surface area contributed by atoms with Crippen molar-refractivity contribution in [2.24, 2.45) is 0 Å². The lowest BCUT2D eigenvalue weighted by Gasteiger charge is -2.08. The average Bonchev–Trinajstić information content (AvgIpc) is 2.69. The Balaban J connectivity index is 2.29. The van der Waals surface area contributed by atoms with Crippen molar-refractivity contribution in [1.29, 1.82) is 0 Å². The molecule has 0 N–H and O–H groups in total. The highest BCUT2D eigenvalue weighted by Gasteiger charge is 2.08. The Bertz CT molecular complexity index is 482. The zero-order valence-corrected chi connectivity index (χ0v) is 11.9. The monoisotopic (exact) mass is 265 g/mol. The average molecular weight is 266 g/mol. The molecule has 90 valence electrons. The van der Waals surface area contributed by atoms with Crippen LogP contribution in [0.15, 0.2) is 24.3 Å². The first kappa shape index (κ1) is 12.6. The van der Waals surface area contributed by atoms with Crippen molar-refractivity contribution in [3.8, 4) is 10.6 Å². The molecule has 17 heavy (non-hydrogen) atoms. The summed E-state index contributed by atoms with van der Waals surface area (Å²) in [6, 6.07) is 8.65. The van der Waals surface area contributed by atoms with Crippen LogP contribution in [0.4, 0.5) is 0 Å². The van der Waals surface area contributed by atoms with Crippen molar-refractivity contribution in [3.63, 3.8) is 0 Å². The minimum atomic E-state index is 0.616. The molecule has 0 bridgehead atoms. The van der Waals surface area contributed by atoms with Gasteiger partial charge in [-0.2, -0.15) is 0 Å². The Labute approximate surface area is 111 Å². The Morgan fingerprint density at radius 3 is 2.41 bits per heavy atom. The third kappa shape index (κ3) is 2.70. The molecular weight excluding hydrogens is 250 g/mol. The van der Waals surface area contributed by atoms with E-state index in [9.17, 15) is 0 Å². The van der Waals surface area contributed by atoms with Gasteiger partial charge in [-0.1, -0.05) is 49.7 Å². The predicted octanol–water partition coefficient (Wildman–Crippen LogP) is 5.29. The smallest absolute Gasteiger partial charge is 0.125 e. The minimum Gasteiger partial charge on any atom is -0.240 e. The van der Waals surface area contributed by atoms with E-state index in [2.05, 4.69) is 43.1 Å². The van der Waals surface area contributed by atoms with Gasteiger partial charge in [0.05, 0.1) is 5.69 Å². The second kappa shape index (κ2) is 5.19. The summed E-state index contributed by atoms with van der Waals surface area (Å²) in [5, 5.41) is 1.00. The lowest BCUT2D eigenvalue weighted by Crippen LogP contribution is -1.90. The van der Waals surface area contributed by atoms with Crippen molar-refractivity contribution in [2.75, 3.05) is 0 Å². The third-order valence-corrected chi connectivity index (χ3v) is 4.58. The number of hydrogen-bond donors (Lipinski definition) is 0. The van der Waals surface area contributed by atoms with Crippen LogP contribution in [-0.4, -0.2) is 4.98 Å². The van der Waals surface area contributed by atoms with E-state index >= 15 is 0 Å². The van der Waals surface area contributed by atoms with Crippen LogP contribution in [0.2, 0.25) is 4.34 Å². The molecule has 1 aromatic heterocycles. The molecule has 0 fully saturated rings. The Kier molecular flexibility index (Phi) is 3.85. The molecule has 2 aromatic rings. The molecule has 0 saturated carbocycles. The van der Waals surface area contributed by atoms with Crippen LogP contribution in [-0.2, 0) is 0 Å². The summed E-state index contributed by atoms with van der Waals surface area (Å²) in [4.78, 5) is 4.46. The quantitative estimate of drug-likeness (QED) is 0.735. The van der Waals surface area contributed by atoms with Gasteiger partial charge in [-0.15, -0.1) is 11.3 Å². The zero-order chi connectivity index (χ0) is 12.4. The van der Waals surface area contributed by atoms with Gasteiger partial charge in [0, 0.05) is 5.56 Å². The highest BCUT2D eigenvalue weighted by atomic mass is 35.5. The van der Waals surface area contributed by atoms with Crippen LogP contribution in [0.25, 0.3) is 10.6 Å². The first-order chi connectivity index (χ1) is 8.11. The summed E-state index contributed by atoms with van der Waals surface area (Å²) in [5.74, 6) is 0.616. The zero-order valence-electron chi connectivity index (χ0n) is 10.3. The number of nitrogens with zero attached hydrogens (tertiary/aromatic N) is 1. The fourth-order valence-corrected chi connectivity index (χ4v) is 2.75. The van der Waals surface area contributed by atoms with E-state index in [0.717, 1.165) is 20.6 Å². The molecule has 0 amide bonds. The van der Waals surface area contributed by atoms with Crippen LogP contribution < -0.4 is 0 Å². The van der Waals surface area contributed by atoms with Gasteiger partial charge in [0.2, 0.25) is 0 Å². The number of thiazole rings is 1. The van der Waals surface area contributed by atoms with E-state index in [1.54, 1.807) is 11.3 Å². The van der Waals surface area contributed by atoms with Gasteiger partial charge in [0.1, 0.15) is 9.34 Å². The maximum absolute atomic E-state index is 6.04. The standard InChI is InChI=1S/C14H16ClNS/c1-4-9(2)11-5-7-12(8-6-11)14-16-10(3)13(15)17-14/h5-9H,4H2,1-3H3. The Morgan fingerprint density at radius 2 is 1.94 bits per heavy atom. The molecule has 0 radical (unpaired) electrons. The molecule has 2 rings (SSSR count). The van der Waals surface area contributed by atoms with Gasteiger partial charge in [-0.05, 0) is 24.8 Å². The summed E-state index contributed by atoms with van der Waals surface area (Å²) >= 11 is 7.58. The number of halogens is 1. The maximum atomic E-state index is 6.04. The molecular formula is C14H16ClNS. The predicted molar refractivity (Wildman–Crippen MR) is 76.0 cm³/mol. The molecule has 0 aliphatic heterocycles. The lowest BCUT2D eigenvalue weighted by atomic mass is 9.98. The largest absolute Gasteiger partial charge is 0.240 e. The van der Waals surface area contributed by atoms with Crippen molar-refractivity contribution in [3.05, 3.63) is 39.9 Å². The van der Waals surface area contributed by atoms with Gasteiger partial charge in [0.25, 0.3) is 0 Å². The van der Waals surface area contributed by atoms with Gasteiger partial charge in [-0.3, -0.25) is 0 Å². The number of hydrogen-bond acceptors (Lipinski definition) is 2. The Hall–Kier alpha value is -0.860. The second-order valence-corrected chi connectivity index (χ2v) is 5.91. The third-order valence-electron chi connectivity index (χ3n) is 3.08. The van der Waals surface area contributed by atoms with Gasteiger partial charge < -0.3 is 0 Å². The fraction of sp³-hybridized carbons (Fsp3) is 0.357. The second-order valence-electron chi connectivity index (χ2n) is 4.31. The Morgan fingerprint density at radius 1 is 1.29 bits per heavy atom. The first-order valence-corrected chi connectivity index (χ1v) is 7.04. The molecule has 1 unspecified atom stereocenters. The van der Waals surface area contributed by atoms with E-state index in [4.69, 9.17) is 11.6 Å².